The zero-order valence-corrected chi connectivity index (χ0v) is 10.8. The van der Waals surface area contributed by atoms with Crippen molar-refractivity contribution in [3.8, 4) is 0 Å². The number of hydrogen-bond acceptors (Lipinski definition) is 5. The van der Waals surface area contributed by atoms with Crippen LogP contribution in [0.2, 0.25) is 0 Å². The Balaban J connectivity index is 2.27. The number of carbonyl (C=O) groups excluding carboxylic acids is 1. The zero-order chi connectivity index (χ0) is 12.7. The maximum atomic E-state index is 11.2. The van der Waals surface area contributed by atoms with Gasteiger partial charge >= 0.3 is 13.3 Å². The third-order valence-corrected chi connectivity index (χ3v) is 2.39. The van der Waals surface area contributed by atoms with Crippen molar-refractivity contribution in [2.24, 2.45) is 0 Å². The molecule has 2 atom stereocenters. The summed E-state index contributed by atoms with van der Waals surface area (Å²) >= 11 is 5.04. The van der Waals surface area contributed by atoms with E-state index in [1.54, 1.807) is 0 Å². The standard InChI is InChI=1S/C10H12ClNO4P/c1-8(10(13)16-17(11)14)12-15-7-9-5-3-2-4-6-9/h2-6,8,12H,7H2,1H3/q+1/t8-/m0/s1. The molecule has 0 spiro atoms. The van der Waals surface area contributed by atoms with Crippen molar-refractivity contribution in [1.82, 2.24) is 5.48 Å². The van der Waals surface area contributed by atoms with Gasteiger partial charge in [0.1, 0.15) is 6.04 Å². The van der Waals surface area contributed by atoms with E-state index in [0.717, 1.165) is 5.56 Å². The van der Waals surface area contributed by atoms with Crippen molar-refractivity contribution >= 4 is 24.6 Å². The van der Waals surface area contributed by atoms with Crippen LogP contribution in [0, 0.1) is 0 Å². The zero-order valence-electron chi connectivity index (χ0n) is 9.13. The summed E-state index contributed by atoms with van der Waals surface area (Å²) in [5, 5.41) is 0. The molecule has 0 saturated heterocycles. The summed E-state index contributed by atoms with van der Waals surface area (Å²) in [4.78, 5) is 16.3. The largest absolute Gasteiger partial charge is 0.686 e. The summed E-state index contributed by atoms with van der Waals surface area (Å²) in [5.74, 6) is -0.728. The van der Waals surface area contributed by atoms with Crippen molar-refractivity contribution in [3.05, 3.63) is 35.9 Å². The Morgan fingerprint density at radius 3 is 2.71 bits per heavy atom. The highest BCUT2D eigenvalue weighted by molar-refractivity contribution is 7.70. The molecule has 0 bridgehead atoms. The minimum absolute atomic E-state index is 0.311. The number of carbonyl (C=O) groups is 1. The van der Waals surface area contributed by atoms with Crippen LogP contribution < -0.4 is 5.48 Å². The van der Waals surface area contributed by atoms with Gasteiger partial charge in [0, 0.05) is 4.57 Å². The molecule has 0 heterocycles. The van der Waals surface area contributed by atoms with Gasteiger partial charge in [-0.3, -0.25) is 4.84 Å². The molecule has 1 aromatic carbocycles. The fourth-order valence-electron chi connectivity index (χ4n) is 1.02. The van der Waals surface area contributed by atoms with Gasteiger partial charge in [0.25, 0.3) is 11.2 Å². The highest BCUT2D eigenvalue weighted by Gasteiger charge is 2.25. The van der Waals surface area contributed by atoms with Crippen molar-refractivity contribution in [1.29, 1.82) is 0 Å². The molecule has 1 N–H and O–H groups in total. The van der Waals surface area contributed by atoms with Gasteiger partial charge in [-0.25, -0.2) is 4.79 Å². The monoisotopic (exact) mass is 276 g/mol. The van der Waals surface area contributed by atoms with Crippen molar-refractivity contribution in [3.63, 3.8) is 0 Å². The van der Waals surface area contributed by atoms with Crippen LogP contribution in [0.15, 0.2) is 30.3 Å². The smallest absolute Gasteiger partial charge is 0.296 e. The number of rotatable bonds is 6. The van der Waals surface area contributed by atoms with Crippen LogP contribution in [0.1, 0.15) is 12.5 Å². The van der Waals surface area contributed by atoms with Crippen LogP contribution in [0.3, 0.4) is 0 Å². The molecule has 17 heavy (non-hydrogen) atoms. The van der Waals surface area contributed by atoms with Crippen LogP contribution >= 0.6 is 18.6 Å². The van der Waals surface area contributed by atoms with Crippen molar-refractivity contribution in [2.75, 3.05) is 0 Å². The van der Waals surface area contributed by atoms with Crippen molar-refractivity contribution in [2.45, 2.75) is 19.6 Å². The molecule has 0 amide bonds. The Morgan fingerprint density at radius 1 is 1.47 bits per heavy atom. The van der Waals surface area contributed by atoms with Crippen LogP contribution in [-0.2, 0) is 25.3 Å². The lowest BCUT2D eigenvalue weighted by molar-refractivity contribution is -0.140. The number of hydrogen-bond donors (Lipinski definition) is 1. The summed E-state index contributed by atoms with van der Waals surface area (Å²) in [6.07, 6.45) is 0. The lowest BCUT2D eigenvalue weighted by Crippen LogP contribution is -2.34. The Bertz CT molecular complexity index is 387. The molecular formula is C10H12ClNO4P+. The molecule has 1 unspecified atom stereocenters. The molecule has 5 nitrogen and oxygen atoms in total. The Labute approximate surface area is 105 Å². The molecule has 1 rings (SSSR count). The molecule has 0 radical (unpaired) electrons. The molecule has 0 fully saturated rings. The summed E-state index contributed by atoms with van der Waals surface area (Å²) in [5.41, 5.74) is 3.44. The minimum atomic E-state index is -2.45. The average molecular weight is 277 g/mol. The van der Waals surface area contributed by atoms with Crippen LogP contribution in [0.4, 0.5) is 0 Å². The van der Waals surface area contributed by atoms with Gasteiger partial charge < -0.3 is 0 Å². The molecule has 0 aliphatic rings. The predicted octanol–water partition coefficient (Wildman–Crippen LogP) is 2.54. The number of benzene rings is 1. The van der Waals surface area contributed by atoms with Gasteiger partial charge in [-0.1, -0.05) is 30.3 Å². The Hall–Kier alpha value is -1.00. The molecule has 7 heteroatoms. The average Bonchev–Trinajstić information content (AvgIpc) is 2.29. The topological polar surface area (TPSA) is 64.6 Å². The second-order valence-electron chi connectivity index (χ2n) is 3.24. The van der Waals surface area contributed by atoms with Gasteiger partial charge in [0.05, 0.1) is 6.61 Å². The summed E-state index contributed by atoms with van der Waals surface area (Å²) < 4.78 is 14.8. The molecule has 0 aliphatic carbocycles. The first-order chi connectivity index (χ1) is 8.09. The first-order valence-corrected chi connectivity index (χ1v) is 6.94. The van der Waals surface area contributed by atoms with Gasteiger partial charge in [-0.05, 0) is 12.5 Å². The van der Waals surface area contributed by atoms with E-state index in [1.807, 2.05) is 30.3 Å². The van der Waals surface area contributed by atoms with E-state index in [4.69, 9.17) is 16.1 Å². The maximum Gasteiger partial charge on any atom is 0.686 e. The van der Waals surface area contributed by atoms with E-state index >= 15 is 0 Å². The van der Waals surface area contributed by atoms with E-state index in [9.17, 15) is 9.36 Å². The highest BCUT2D eigenvalue weighted by Crippen LogP contribution is 2.28. The van der Waals surface area contributed by atoms with E-state index in [0.29, 0.717) is 6.61 Å². The van der Waals surface area contributed by atoms with E-state index in [1.165, 1.54) is 6.92 Å². The quantitative estimate of drug-likeness (QED) is 0.639. The summed E-state index contributed by atoms with van der Waals surface area (Å²) in [7, 11) is -2.45. The SMILES string of the molecule is C[C@H](NOCc1ccccc1)C(=O)O[P+](=O)Cl. The van der Waals surface area contributed by atoms with Crippen LogP contribution in [0.25, 0.3) is 0 Å². The van der Waals surface area contributed by atoms with Crippen molar-refractivity contribution < 1.29 is 18.7 Å². The maximum absolute atomic E-state index is 11.2. The van der Waals surface area contributed by atoms with E-state index < -0.39 is 19.4 Å². The second-order valence-corrected chi connectivity index (χ2v) is 4.67. The first-order valence-electron chi connectivity index (χ1n) is 4.85. The molecular weight excluding hydrogens is 265 g/mol. The summed E-state index contributed by atoms with van der Waals surface area (Å²) in [6.45, 7) is 1.83. The molecule has 0 saturated carbocycles. The lowest BCUT2D eigenvalue weighted by atomic mass is 10.2. The lowest BCUT2D eigenvalue weighted by Gasteiger charge is -2.09. The highest BCUT2D eigenvalue weighted by atomic mass is 35.7. The number of halogens is 1. The van der Waals surface area contributed by atoms with Gasteiger partial charge in [-0.2, -0.15) is 10.0 Å². The number of hydroxylamine groups is 1. The molecule has 0 aliphatic heterocycles. The third-order valence-electron chi connectivity index (χ3n) is 1.86. The van der Waals surface area contributed by atoms with Gasteiger partial charge in [0.2, 0.25) is 0 Å². The van der Waals surface area contributed by atoms with E-state index in [-0.39, 0.29) is 0 Å². The first kappa shape index (κ1) is 14.1. The van der Waals surface area contributed by atoms with Gasteiger partial charge in [0.15, 0.2) is 0 Å². The fourth-order valence-corrected chi connectivity index (χ4v) is 1.53. The Morgan fingerprint density at radius 2 is 2.12 bits per heavy atom. The molecule has 92 valence electrons. The van der Waals surface area contributed by atoms with E-state index in [2.05, 4.69) is 10.0 Å². The molecule has 0 aromatic heterocycles. The van der Waals surface area contributed by atoms with Crippen LogP contribution in [-0.4, -0.2) is 12.0 Å². The molecule has 1 aromatic rings. The second kappa shape index (κ2) is 7.35. The van der Waals surface area contributed by atoms with Gasteiger partial charge in [-0.15, -0.1) is 0 Å². The minimum Gasteiger partial charge on any atom is -0.296 e. The Kier molecular flexibility index (Phi) is 6.08. The fraction of sp³-hybridized carbons (Fsp3) is 0.300. The summed E-state index contributed by atoms with van der Waals surface area (Å²) in [6, 6.07) is 8.70. The third kappa shape index (κ3) is 5.75. The van der Waals surface area contributed by atoms with Crippen LogP contribution in [0.5, 0.6) is 0 Å². The normalized spacial score (nSPS) is 12.9. The number of nitrogens with one attached hydrogen (secondary N) is 1. The predicted molar refractivity (Wildman–Crippen MR) is 63.4 cm³/mol.